The molecule has 0 atom stereocenters. The van der Waals surface area contributed by atoms with Crippen LogP contribution in [0.15, 0.2) is 198 Å². The monoisotopic (exact) mass is 724 g/mol. The highest BCUT2D eigenvalue weighted by Crippen LogP contribution is 2.29. The van der Waals surface area contributed by atoms with Crippen molar-refractivity contribution in [1.29, 1.82) is 0 Å². The van der Waals surface area contributed by atoms with Crippen LogP contribution in [0.4, 0.5) is 0 Å². The first kappa shape index (κ1) is 35.7. The molecule has 8 rings (SSSR count). The van der Waals surface area contributed by atoms with E-state index in [1.807, 2.05) is 61.6 Å². The number of aromatic nitrogens is 3. The Morgan fingerprint density at radius 1 is 0.446 bits per heavy atom. The fourth-order valence-electron chi connectivity index (χ4n) is 6.52. The molecule has 6 heteroatoms. The predicted octanol–water partition coefficient (Wildman–Crippen LogP) is 11.1. The Hall–Kier alpha value is -7.31. The standard InChI is InChI=1S/C50H40N6/c1-35-27-29-39(30-28-35)49-54-48(38-19-10-5-11-20-38)55-50(56-49)45-26-14-23-42(33-45)41-22-13-24-43(32-41)46(51-2)53-47(52-34-36-15-6-3-7-16-36)44-25-12-21-40(31-44)37-17-8-4-9-18-37/h3-33H,34H2,1-2H3,(H,51,52,53). The second-order valence-electron chi connectivity index (χ2n) is 13.5. The van der Waals surface area contributed by atoms with E-state index in [4.69, 9.17) is 24.9 Å². The van der Waals surface area contributed by atoms with Crippen molar-refractivity contribution in [2.75, 3.05) is 7.05 Å². The Morgan fingerprint density at radius 3 is 1.55 bits per heavy atom. The maximum atomic E-state index is 5.20. The summed E-state index contributed by atoms with van der Waals surface area (Å²) < 4.78 is 0. The second kappa shape index (κ2) is 16.8. The summed E-state index contributed by atoms with van der Waals surface area (Å²) >= 11 is 0. The highest BCUT2D eigenvalue weighted by molar-refractivity contribution is 6.12. The Kier molecular flexibility index (Phi) is 10.7. The van der Waals surface area contributed by atoms with Crippen molar-refractivity contribution in [3.8, 4) is 56.4 Å². The first-order valence-corrected chi connectivity index (χ1v) is 18.7. The van der Waals surface area contributed by atoms with E-state index in [0.29, 0.717) is 35.7 Å². The Balaban J connectivity index is 1.16. The average molecular weight is 725 g/mol. The lowest BCUT2D eigenvalue weighted by atomic mass is 10.00. The van der Waals surface area contributed by atoms with Gasteiger partial charge in [0.05, 0.1) is 6.54 Å². The van der Waals surface area contributed by atoms with Crippen LogP contribution in [0.3, 0.4) is 0 Å². The molecule has 0 radical (unpaired) electrons. The summed E-state index contributed by atoms with van der Waals surface area (Å²) in [5.41, 5.74) is 11.3. The fraction of sp³-hybridized carbons (Fsp3) is 0.0600. The van der Waals surface area contributed by atoms with Crippen LogP contribution in [0.1, 0.15) is 22.3 Å². The van der Waals surface area contributed by atoms with Crippen LogP contribution in [0.5, 0.6) is 0 Å². The Labute approximate surface area is 328 Å². The molecule has 0 fully saturated rings. The van der Waals surface area contributed by atoms with Crippen LogP contribution in [0, 0.1) is 6.92 Å². The van der Waals surface area contributed by atoms with Crippen LogP contribution in [0.2, 0.25) is 0 Å². The number of rotatable bonds is 9. The van der Waals surface area contributed by atoms with E-state index < -0.39 is 0 Å². The molecule has 6 nitrogen and oxygen atoms in total. The molecule has 270 valence electrons. The molecular weight excluding hydrogens is 685 g/mol. The summed E-state index contributed by atoms with van der Waals surface area (Å²) in [6, 6.07) is 64.2. The van der Waals surface area contributed by atoms with Gasteiger partial charge in [0, 0.05) is 34.9 Å². The highest BCUT2D eigenvalue weighted by Gasteiger charge is 2.14. The molecule has 0 unspecified atom stereocenters. The average Bonchev–Trinajstić information content (AvgIpc) is 3.27. The molecule has 0 saturated carbocycles. The van der Waals surface area contributed by atoms with E-state index in [1.165, 1.54) is 5.56 Å². The molecule has 8 aromatic rings. The number of aryl methyl sites for hydroxylation is 1. The zero-order valence-corrected chi connectivity index (χ0v) is 31.3. The summed E-state index contributed by atoms with van der Waals surface area (Å²) in [5.74, 6) is 3.24. The number of aliphatic imine (C=N–C) groups is 2. The van der Waals surface area contributed by atoms with Gasteiger partial charge in [-0.3, -0.25) is 4.99 Å². The van der Waals surface area contributed by atoms with Crippen LogP contribution in [-0.4, -0.2) is 33.7 Å². The number of nitrogens with zero attached hydrogens (tertiary/aromatic N) is 5. The van der Waals surface area contributed by atoms with Gasteiger partial charge in [-0.15, -0.1) is 0 Å². The van der Waals surface area contributed by atoms with Crippen molar-refractivity contribution in [2.45, 2.75) is 13.5 Å². The molecule has 1 aromatic heterocycles. The van der Waals surface area contributed by atoms with Crippen molar-refractivity contribution in [1.82, 2.24) is 20.3 Å². The molecule has 0 saturated heterocycles. The third-order valence-corrected chi connectivity index (χ3v) is 9.50. The molecule has 1 heterocycles. The largest absolute Gasteiger partial charge is 0.373 e. The lowest BCUT2D eigenvalue weighted by Gasteiger charge is -2.12. The van der Waals surface area contributed by atoms with Gasteiger partial charge in [0.2, 0.25) is 0 Å². The highest BCUT2D eigenvalue weighted by atomic mass is 15.0. The zero-order chi connectivity index (χ0) is 38.1. The first-order valence-electron chi connectivity index (χ1n) is 18.7. The van der Waals surface area contributed by atoms with Crippen molar-refractivity contribution in [3.05, 3.63) is 210 Å². The lowest BCUT2D eigenvalue weighted by molar-refractivity contribution is 1.06. The van der Waals surface area contributed by atoms with Crippen LogP contribution < -0.4 is 5.32 Å². The minimum atomic E-state index is 0.508. The van der Waals surface area contributed by atoms with E-state index in [0.717, 1.165) is 55.6 Å². The third kappa shape index (κ3) is 8.40. The molecule has 0 aliphatic rings. The predicted molar refractivity (Wildman–Crippen MR) is 230 cm³/mol. The molecule has 0 aliphatic heterocycles. The van der Waals surface area contributed by atoms with Gasteiger partial charge in [-0.05, 0) is 52.9 Å². The molecule has 0 aliphatic carbocycles. The quantitative estimate of drug-likeness (QED) is 0.119. The maximum absolute atomic E-state index is 5.20. The van der Waals surface area contributed by atoms with Gasteiger partial charge in [-0.1, -0.05) is 175 Å². The molecule has 0 amide bonds. The number of hydrogen-bond donors (Lipinski definition) is 1. The molecule has 1 N–H and O–H groups in total. The summed E-state index contributed by atoms with van der Waals surface area (Å²) in [6.07, 6.45) is 0. The number of amidine groups is 2. The van der Waals surface area contributed by atoms with Crippen LogP contribution >= 0.6 is 0 Å². The first-order chi connectivity index (χ1) is 27.6. The number of benzene rings is 7. The lowest BCUT2D eigenvalue weighted by Crippen LogP contribution is -2.21. The van der Waals surface area contributed by atoms with Crippen molar-refractivity contribution < 1.29 is 0 Å². The van der Waals surface area contributed by atoms with Gasteiger partial charge >= 0.3 is 0 Å². The minimum absolute atomic E-state index is 0.508. The van der Waals surface area contributed by atoms with E-state index in [9.17, 15) is 0 Å². The topological polar surface area (TPSA) is 75.4 Å². The van der Waals surface area contributed by atoms with E-state index in [1.54, 1.807) is 0 Å². The van der Waals surface area contributed by atoms with E-state index >= 15 is 0 Å². The minimum Gasteiger partial charge on any atom is -0.373 e. The smallest absolute Gasteiger partial charge is 0.164 e. The van der Waals surface area contributed by atoms with Gasteiger partial charge in [0.15, 0.2) is 23.3 Å². The van der Waals surface area contributed by atoms with Crippen LogP contribution in [0.25, 0.3) is 56.4 Å². The zero-order valence-electron chi connectivity index (χ0n) is 31.3. The third-order valence-electron chi connectivity index (χ3n) is 9.50. The van der Waals surface area contributed by atoms with Gasteiger partial charge in [0.25, 0.3) is 0 Å². The Morgan fingerprint density at radius 2 is 0.911 bits per heavy atom. The molecular formula is C50H40N6. The summed E-state index contributed by atoms with van der Waals surface area (Å²) in [4.78, 5) is 25.1. The second-order valence-corrected chi connectivity index (χ2v) is 13.5. The van der Waals surface area contributed by atoms with E-state index in [2.05, 4.69) is 146 Å². The molecule has 56 heavy (non-hydrogen) atoms. The van der Waals surface area contributed by atoms with Gasteiger partial charge in [-0.2, -0.15) is 0 Å². The molecule has 7 aromatic carbocycles. The normalized spacial score (nSPS) is 11.7. The SMILES string of the molecule is CNC(=NC(=NCc1ccccc1)c1cccc(-c2ccccc2)c1)c1cccc(-c2cccc(-c3nc(-c4ccccc4)nc(-c4ccc(C)cc4)n3)c2)c1. The fourth-order valence-corrected chi connectivity index (χ4v) is 6.52. The van der Waals surface area contributed by atoms with Crippen molar-refractivity contribution in [2.24, 2.45) is 9.98 Å². The van der Waals surface area contributed by atoms with Crippen molar-refractivity contribution in [3.63, 3.8) is 0 Å². The van der Waals surface area contributed by atoms with Gasteiger partial charge in [0.1, 0.15) is 5.84 Å². The van der Waals surface area contributed by atoms with Crippen LogP contribution in [-0.2, 0) is 6.54 Å². The van der Waals surface area contributed by atoms with Crippen molar-refractivity contribution >= 4 is 11.7 Å². The summed E-state index contributed by atoms with van der Waals surface area (Å²) in [6.45, 7) is 2.58. The maximum Gasteiger partial charge on any atom is 0.164 e. The summed E-state index contributed by atoms with van der Waals surface area (Å²) in [7, 11) is 1.90. The van der Waals surface area contributed by atoms with E-state index in [-0.39, 0.29) is 0 Å². The number of nitrogens with one attached hydrogen (secondary N) is 1. The Bertz CT molecular complexity index is 2630. The summed E-state index contributed by atoms with van der Waals surface area (Å²) in [5, 5.41) is 3.37. The van der Waals surface area contributed by atoms with Gasteiger partial charge in [-0.25, -0.2) is 19.9 Å². The molecule has 0 spiro atoms. The molecule has 0 bridgehead atoms. The number of hydrogen-bond acceptors (Lipinski definition) is 4. The van der Waals surface area contributed by atoms with Gasteiger partial charge < -0.3 is 5.32 Å².